The van der Waals surface area contributed by atoms with Gasteiger partial charge < -0.3 is 14.2 Å². The van der Waals surface area contributed by atoms with Crippen molar-refractivity contribution in [2.45, 2.75) is 19.1 Å². The van der Waals surface area contributed by atoms with Gasteiger partial charge in [-0.15, -0.1) is 0 Å². The van der Waals surface area contributed by atoms with Crippen LogP contribution in [-0.4, -0.2) is 31.9 Å². The first kappa shape index (κ1) is 16.7. The molecule has 0 unspecified atom stereocenters. The van der Waals surface area contributed by atoms with Gasteiger partial charge in [-0.2, -0.15) is 0 Å². The van der Waals surface area contributed by atoms with Gasteiger partial charge >= 0.3 is 5.97 Å². The van der Waals surface area contributed by atoms with Crippen LogP contribution in [0.4, 0.5) is 0 Å². The van der Waals surface area contributed by atoms with Crippen molar-refractivity contribution in [3.8, 4) is 0 Å². The number of carbonyl (C=O) groups is 1. The van der Waals surface area contributed by atoms with Crippen molar-refractivity contribution < 1.29 is 19.0 Å². The predicted octanol–water partition coefficient (Wildman–Crippen LogP) is 3.47. The molecule has 126 valence electrons. The zero-order valence-corrected chi connectivity index (χ0v) is 13.6. The maximum atomic E-state index is 12.0. The molecule has 0 spiro atoms. The minimum Gasteiger partial charge on any atom is -0.462 e. The van der Waals surface area contributed by atoms with Crippen LogP contribution in [0.15, 0.2) is 60.7 Å². The molecule has 1 aliphatic heterocycles. The van der Waals surface area contributed by atoms with Gasteiger partial charge in [0.05, 0.1) is 31.5 Å². The first-order valence-corrected chi connectivity index (χ1v) is 8.28. The van der Waals surface area contributed by atoms with E-state index in [4.69, 9.17) is 14.2 Å². The van der Waals surface area contributed by atoms with Gasteiger partial charge in [-0.25, -0.2) is 4.79 Å². The van der Waals surface area contributed by atoms with E-state index in [1.54, 1.807) is 12.1 Å². The van der Waals surface area contributed by atoms with Crippen LogP contribution < -0.4 is 0 Å². The van der Waals surface area contributed by atoms with Crippen molar-refractivity contribution in [2.24, 2.45) is 5.92 Å². The zero-order valence-electron chi connectivity index (χ0n) is 13.6. The number of rotatable bonds is 7. The molecule has 0 N–H and O–H groups in total. The Morgan fingerprint density at radius 2 is 1.71 bits per heavy atom. The fourth-order valence-corrected chi connectivity index (χ4v) is 2.78. The summed E-state index contributed by atoms with van der Waals surface area (Å²) in [5, 5.41) is 0. The summed E-state index contributed by atoms with van der Waals surface area (Å²) in [5.41, 5.74) is 1.72. The highest BCUT2D eigenvalue weighted by Gasteiger charge is 2.29. The Kier molecular flexibility index (Phi) is 5.99. The average molecular weight is 326 g/mol. The molecule has 3 rings (SSSR count). The maximum absolute atomic E-state index is 12.0. The molecule has 2 aromatic rings. The van der Waals surface area contributed by atoms with Gasteiger partial charge in [-0.05, 0) is 24.1 Å². The lowest BCUT2D eigenvalue weighted by Gasteiger charge is -2.18. The lowest BCUT2D eigenvalue weighted by molar-refractivity contribution is -0.0174. The summed E-state index contributed by atoms with van der Waals surface area (Å²) in [5.74, 6) is -0.0973. The zero-order chi connectivity index (χ0) is 16.6. The topological polar surface area (TPSA) is 44.8 Å². The van der Waals surface area contributed by atoms with Crippen LogP contribution in [0.25, 0.3) is 0 Å². The molecule has 0 bridgehead atoms. The summed E-state index contributed by atoms with van der Waals surface area (Å²) in [7, 11) is 0. The molecule has 0 aliphatic carbocycles. The van der Waals surface area contributed by atoms with Crippen molar-refractivity contribution in [3.63, 3.8) is 0 Å². The van der Waals surface area contributed by atoms with Gasteiger partial charge in [0.25, 0.3) is 0 Å². The summed E-state index contributed by atoms with van der Waals surface area (Å²) in [6.45, 7) is 2.14. The Labute approximate surface area is 142 Å². The summed E-state index contributed by atoms with van der Waals surface area (Å²) in [6, 6.07) is 19.1. The highest BCUT2D eigenvalue weighted by Crippen LogP contribution is 2.22. The average Bonchev–Trinajstić information content (AvgIpc) is 3.09. The third-order valence-corrected chi connectivity index (χ3v) is 4.18. The summed E-state index contributed by atoms with van der Waals surface area (Å²) in [4.78, 5) is 12.0. The van der Waals surface area contributed by atoms with Gasteiger partial charge in [0, 0.05) is 12.5 Å². The minimum absolute atomic E-state index is 0.0164. The van der Waals surface area contributed by atoms with E-state index in [0.717, 1.165) is 12.0 Å². The van der Waals surface area contributed by atoms with E-state index in [0.29, 0.717) is 32.0 Å². The Balaban J connectivity index is 1.43. The molecule has 4 nitrogen and oxygen atoms in total. The van der Waals surface area contributed by atoms with Gasteiger partial charge in [0.2, 0.25) is 0 Å². The highest BCUT2D eigenvalue weighted by atomic mass is 16.5. The standard InChI is InChI=1S/C20H22O4/c21-20(17-9-5-2-6-10-17)24-14-18-11-12-23-19(18)15-22-13-16-7-3-1-4-8-16/h1-10,18-19H,11-15H2/t18-,19-/m1/s1. The monoisotopic (exact) mass is 326 g/mol. The molecule has 1 aliphatic rings. The molecule has 1 saturated heterocycles. The van der Waals surface area contributed by atoms with Crippen LogP contribution >= 0.6 is 0 Å². The van der Waals surface area contributed by atoms with Crippen LogP contribution in [0, 0.1) is 5.92 Å². The van der Waals surface area contributed by atoms with Gasteiger partial charge in [0.15, 0.2) is 0 Å². The second-order valence-electron chi connectivity index (χ2n) is 5.92. The molecule has 0 amide bonds. The van der Waals surface area contributed by atoms with Gasteiger partial charge in [0.1, 0.15) is 0 Å². The molecule has 0 aromatic heterocycles. The Hall–Kier alpha value is -2.17. The summed E-state index contributed by atoms with van der Waals surface area (Å²) in [6.07, 6.45) is 0.874. The van der Waals surface area contributed by atoms with E-state index >= 15 is 0 Å². The number of hydrogen-bond acceptors (Lipinski definition) is 4. The van der Waals surface area contributed by atoms with E-state index in [9.17, 15) is 4.79 Å². The Bertz CT molecular complexity index is 627. The van der Waals surface area contributed by atoms with Crippen LogP contribution in [0.5, 0.6) is 0 Å². The molecule has 4 heteroatoms. The van der Waals surface area contributed by atoms with Crippen molar-refractivity contribution in [1.82, 2.24) is 0 Å². The number of ether oxygens (including phenoxy) is 3. The highest BCUT2D eigenvalue weighted by molar-refractivity contribution is 5.89. The smallest absolute Gasteiger partial charge is 0.338 e. The number of esters is 1. The minimum atomic E-state index is -0.286. The van der Waals surface area contributed by atoms with Gasteiger partial charge in [-0.3, -0.25) is 0 Å². The first-order valence-electron chi connectivity index (χ1n) is 8.28. The lowest BCUT2D eigenvalue weighted by atomic mass is 10.0. The van der Waals surface area contributed by atoms with Crippen molar-refractivity contribution in [1.29, 1.82) is 0 Å². The second kappa shape index (κ2) is 8.62. The van der Waals surface area contributed by atoms with E-state index < -0.39 is 0 Å². The fourth-order valence-electron chi connectivity index (χ4n) is 2.78. The van der Waals surface area contributed by atoms with E-state index in [1.807, 2.05) is 48.5 Å². The van der Waals surface area contributed by atoms with E-state index in [-0.39, 0.29) is 18.0 Å². The molecule has 2 atom stereocenters. The molecular weight excluding hydrogens is 304 g/mol. The quantitative estimate of drug-likeness (QED) is 0.731. The molecule has 2 aromatic carbocycles. The number of benzene rings is 2. The normalized spacial score (nSPS) is 20.0. The maximum Gasteiger partial charge on any atom is 0.338 e. The molecule has 0 saturated carbocycles. The SMILES string of the molecule is O=C(OC[C@H]1CCO[C@@H]1COCc1ccccc1)c1ccccc1. The van der Waals surface area contributed by atoms with Crippen LogP contribution in [0.3, 0.4) is 0 Å². The molecule has 24 heavy (non-hydrogen) atoms. The third kappa shape index (κ3) is 4.66. The Morgan fingerprint density at radius 3 is 2.46 bits per heavy atom. The predicted molar refractivity (Wildman–Crippen MR) is 90.7 cm³/mol. The Morgan fingerprint density at radius 1 is 1.00 bits per heavy atom. The molecule has 0 radical (unpaired) electrons. The third-order valence-electron chi connectivity index (χ3n) is 4.18. The molecular formula is C20H22O4. The van der Waals surface area contributed by atoms with Crippen LogP contribution in [0.2, 0.25) is 0 Å². The largest absolute Gasteiger partial charge is 0.462 e. The van der Waals surface area contributed by atoms with Crippen molar-refractivity contribution in [3.05, 3.63) is 71.8 Å². The van der Waals surface area contributed by atoms with Gasteiger partial charge in [-0.1, -0.05) is 48.5 Å². The summed E-state index contributed by atoms with van der Waals surface area (Å²) >= 11 is 0. The van der Waals surface area contributed by atoms with Crippen LogP contribution in [-0.2, 0) is 20.8 Å². The first-order chi connectivity index (χ1) is 11.8. The van der Waals surface area contributed by atoms with E-state index in [2.05, 4.69) is 0 Å². The van der Waals surface area contributed by atoms with Crippen LogP contribution in [0.1, 0.15) is 22.3 Å². The van der Waals surface area contributed by atoms with Crippen molar-refractivity contribution >= 4 is 5.97 Å². The number of carbonyl (C=O) groups excluding carboxylic acids is 1. The van der Waals surface area contributed by atoms with Crippen molar-refractivity contribution in [2.75, 3.05) is 19.8 Å². The molecule has 1 heterocycles. The fraction of sp³-hybridized carbons (Fsp3) is 0.350. The lowest BCUT2D eigenvalue weighted by Crippen LogP contribution is -2.27. The summed E-state index contributed by atoms with van der Waals surface area (Å²) < 4.78 is 16.9. The van der Waals surface area contributed by atoms with E-state index in [1.165, 1.54) is 0 Å². The number of hydrogen-bond donors (Lipinski definition) is 0. The second-order valence-corrected chi connectivity index (χ2v) is 5.92. The molecule has 1 fully saturated rings.